The van der Waals surface area contributed by atoms with Crippen molar-refractivity contribution in [2.45, 2.75) is 178 Å². The van der Waals surface area contributed by atoms with E-state index in [1.54, 1.807) is 20.8 Å². The Labute approximate surface area is 555 Å². The lowest BCUT2D eigenvalue weighted by atomic mass is 9.98. The molecule has 0 radical (unpaired) electrons. The van der Waals surface area contributed by atoms with Crippen molar-refractivity contribution < 1.29 is 97.5 Å². The zero-order valence-corrected chi connectivity index (χ0v) is 54.9. The molecule has 8 amide bonds. The van der Waals surface area contributed by atoms with Crippen molar-refractivity contribution >= 4 is 53.6 Å². The van der Waals surface area contributed by atoms with Gasteiger partial charge in [0.05, 0.1) is 36.6 Å². The summed E-state index contributed by atoms with van der Waals surface area (Å²) in [4.78, 5) is 130. The molecular formula is C68H88N8O20. The Bertz CT molecular complexity index is 3410. The molecule has 4 aromatic rings. The molecular weight excluding hydrogens is 1250 g/mol. The lowest BCUT2D eigenvalue weighted by Crippen LogP contribution is -2.64. The number of hydrogen-bond donors (Lipinski definition) is 12. The first kappa shape index (κ1) is 72.9. The highest BCUT2D eigenvalue weighted by Gasteiger charge is 2.50. The minimum absolute atomic E-state index is 0.0155. The van der Waals surface area contributed by atoms with Gasteiger partial charge >= 0.3 is 18.2 Å². The van der Waals surface area contributed by atoms with Crippen LogP contribution in [0.1, 0.15) is 103 Å². The van der Waals surface area contributed by atoms with E-state index >= 15 is 9.59 Å². The first-order valence-electron chi connectivity index (χ1n) is 32.0. The van der Waals surface area contributed by atoms with E-state index in [1.807, 2.05) is 78.9 Å². The average molecular weight is 1340 g/mol. The van der Waals surface area contributed by atoms with Crippen molar-refractivity contribution in [3.05, 3.63) is 119 Å². The Morgan fingerprint density at radius 3 is 1.90 bits per heavy atom. The number of carbonyl (C=O) groups is 9. The summed E-state index contributed by atoms with van der Waals surface area (Å²) in [5.74, 6) is -8.87. The van der Waals surface area contributed by atoms with E-state index < -0.39 is 196 Å². The number of amides is 8. The minimum Gasteiger partial charge on any atom is -0.485 e. The van der Waals surface area contributed by atoms with Gasteiger partial charge in [-0.1, -0.05) is 91.9 Å². The van der Waals surface area contributed by atoms with Crippen molar-refractivity contribution in [2.75, 3.05) is 39.4 Å². The molecule has 3 aliphatic heterocycles. The van der Waals surface area contributed by atoms with Gasteiger partial charge in [0, 0.05) is 57.3 Å². The van der Waals surface area contributed by atoms with E-state index in [-0.39, 0.29) is 42.7 Å². The molecule has 96 heavy (non-hydrogen) atoms. The molecule has 8 rings (SSSR count). The van der Waals surface area contributed by atoms with Gasteiger partial charge in [0.15, 0.2) is 18.1 Å². The van der Waals surface area contributed by atoms with Crippen LogP contribution >= 0.6 is 0 Å². The Morgan fingerprint density at radius 2 is 1.25 bits per heavy atom. The maximum atomic E-state index is 15.3. The van der Waals surface area contributed by atoms with Crippen LogP contribution in [0.25, 0.3) is 11.1 Å². The molecule has 13 atom stereocenters. The smallest absolute Gasteiger partial charge is 0.408 e. The SMILES string of the molecule is C[C@@H](O)[C@@H]1NC(=O)[C@@H](NC(=O)OC(C)(C)C)C[C@@H](O)CNC(=O)[C@@H]2[C@@H](O)[C@@H](C)CN2C(=O)[C@H]([C@H](O)CCNC(=O)OCC2c3ccccc3-c3ccccc32)NC(=O)[C@H]([C@H](O)Cc2ccc(OCc3ccccc3)c(OCC(=O)OC(C)(C)C)c2)NC(=O)[C@@H]2C[C@@H](O)CN2C1=O. The summed E-state index contributed by atoms with van der Waals surface area (Å²) in [7, 11) is 0. The fourth-order valence-electron chi connectivity index (χ4n) is 12.0. The predicted molar refractivity (Wildman–Crippen MR) is 343 cm³/mol. The summed E-state index contributed by atoms with van der Waals surface area (Å²) in [5, 5.41) is 84.7. The third-order valence-corrected chi connectivity index (χ3v) is 16.6. The molecule has 0 bridgehead atoms. The maximum Gasteiger partial charge on any atom is 0.408 e. The van der Waals surface area contributed by atoms with Gasteiger partial charge in [0.1, 0.15) is 60.7 Å². The van der Waals surface area contributed by atoms with Crippen molar-refractivity contribution in [3.8, 4) is 22.6 Å². The fraction of sp³-hybridized carbons (Fsp3) is 0.515. The summed E-state index contributed by atoms with van der Waals surface area (Å²) in [6.45, 7) is 9.58. The normalized spacial score (nSPS) is 24.8. The van der Waals surface area contributed by atoms with Gasteiger partial charge in [0.2, 0.25) is 35.4 Å². The van der Waals surface area contributed by atoms with Gasteiger partial charge < -0.3 is 96.0 Å². The van der Waals surface area contributed by atoms with Crippen LogP contribution in [0, 0.1) is 5.92 Å². The summed E-state index contributed by atoms with van der Waals surface area (Å²) >= 11 is 0. The number of aliphatic hydroxyl groups excluding tert-OH is 6. The van der Waals surface area contributed by atoms with Crippen LogP contribution in [-0.4, -0.2) is 218 Å². The number of carbonyl (C=O) groups excluding carboxylic acids is 9. The van der Waals surface area contributed by atoms with E-state index in [0.29, 0.717) is 0 Å². The molecule has 28 nitrogen and oxygen atoms in total. The number of fused-ring (bicyclic) bond motifs is 5. The van der Waals surface area contributed by atoms with Crippen molar-refractivity contribution in [1.82, 2.24) is 41.7 Å². The van der Waals surface area contributed by atoms with E-state index in [9.17, 15) is 64.2 Å². The van der Waals surface area contributed by atoms with Gasteiger partial charge in [-0.25, -0.2) is 14.4 Å². The van der Waals surface area contributed by atoms with Crippen LogP contribution in [0.5, 0.6) is 11.5 Å². The first-order valence-corrected chi connectivity index (χ1v) is 32.0. The first-order chi connectivity index (χ1) is 45.4. The number of benzene rings is 4. The predicted octanol–water partition coefficient (Wildman–Crippen LogP) is 0.958. The van der Waals surface area contributed by atoms with Crippen LogP contribution in [-0.2, 0) is 60.8 Å². The van der Waals surface area contributed by atoms with E-state index in [0.717, 1.165) is 44.5 Å². The van der Waals surface area contributed by atoms with Gasteiger partial charge in [-0.3, -0.25) is 28.8 Å². The van der Waals surface area contributed by atoms with Gasteiger partial charge in [-0.2, -0.15) is 0 Å². The zero-order valence-electron chi connectivity index (χ0n) is 54.9. The molecule has 0 saturated carbocycles. The highest BCUT2D eigenvalue weighted by Crippen LogP contribution is 2.44. The molecule has 4 aromatic carbocycles. The van der Waals surface area contributed by atoms with Crippen molar-refractivity contribution in [1.29, 1.82) is 0 Å². The van der Waals surface area contributed by atoms with E-state index in [1.165, 1.54) is 45.9 Å². The number of β-amino-alcohol motifs (C(OH)–C–C–N with tert-alkyl or cyclic N) is 1. The number of esters is 1. The quantitative estimate of drug-likeness (QED) is 0.0517. The Balaban J connectivity index is 1.14. The van der Waals surface area contributed by atoms with Gasteiger partial charge in [-0.05, 0) is 100 Å². The van der Waals surface area contributed by atoms with Crippen molar-refractivity contribution in [2.24, 2.45) is 5.92 Å². The summed E-state index contributed by atoms with van der Waals surface area (Å²) in [6.07, 6.45) is -14.8. The number of nitrogens with zero attached hydrogens (tertiary/aromatic N) is 2. The second kappa shape index (κ2) is 31.7. The van der Waals surface area contributed by atoms with Gasteiger partial charge in [-0.15, -0.1) is 0 Å². The zero-order chi connectivity index (χ0) is 69.9. The van der Waals surface area contributed by atoms with Crippen LogP contribution in [0.15, 0.2) is 97.1 Å². The number of aliphatic hydroxyl groups is 6. The molecule has 28 heteroatoms. The number of alkyl carbamates (subject to hydrolysis) is 2. The van der Waals surface area contributed by atoms with Crippen LogP contribution in [0.2, 0.25) is 0 Å². The maximum absolute atomic E-state index is 15.3. The number of ether oxygens (including phenoxy) is 5. The molecule has 0 spiro atoms. The molecule has 3 fully saturated rings. The molecule has 0 aromatic heterocycles. The Morgan fingerprint density at radius 1 is 0.635 bits per heavy atom. The fourth-order valence-corrected chi connectivity index (χ4v) is 12.0. The Kier molecular flexibility index (Phi) is 24.1. The number of rotatable bonds is 17. The molecule has 3 heterocycles. The second-order valence-electron chi connectivity index (χ2n) is 26.6. The van der Waals surface area contributed by atoms with E-state index in [2.05, 4.69) is 31.9 Å². The Hall–Kier alpha value is -8.93. The highest BCUT2D eigenvalue weighted by atomic mass is 16.6. The third kappa shape index (κ3) is 19.0. The minimum atomic E-state index is -2.17. The molecule has 12 N–H and O–H groups in total. The highest BCUT2D eigenvalue weighted by molar-refractivity contribution is 5.98. The molecule has 3 saturated heterocycles. The summed E-state index contributed by atoms with van der Waals surface area (Å²) in [5.41, 5.74) is 2.83. The summed E-state index contributed by atoms with van der Waals surface area (Å²) < 4.78 is 28.6. The summed E-state index contributed by atoms with van der Waals surface area (Å²) in [6, 6.07) is 17.3. The lowest BCUT2D eigenvalue weighted by molar-refractivity contribution is -0.157. The second-order valence-corrected chi connectivity index (χ2v) is 26.6. The standard InChI is InChI=1S/C68H88N8O20/c1-36-31-76-57(58(36)83)62(87)70-30-40(78)28-47(71-66(91)96-68(6,7)8)59(84)72-54(37(2)77)63(88)75-32-41(79)29-48(75)60(85)73-55(50(81)26-39-22-23-51(92-33-38-16-10-9-11-17-38)52(27-39)93-35-53(82)95-67(3,4)5)61(86)74-56(64(76)89)49(80)24-25-69-65(90)94-34-46-44-20-14-12-18-42(44)43-19-13-15-21-45(43)46/h9-23,27,36-37,40-41,46-50,54-58,77-81,83H,24-26,28-35H2,1-8H3,(H,69,90)(H,70,87)(H,71,91)(H,72,84)(H,73,85)(H,74,86)/t36-,37+,40+,41+,47-,48-,49+,50+,54-,55-,56-,57-,58-/m0/s1. The largest absolute Gasteiger partial charge is 0.485 e. The molecule has 520 valence electrons. The van der Waals surface area contributed by atoms with Gasteiger partial charge in [0.25, 0.3) is 0 Å². The van der Waals surface area contributed by atoms with Crippen molar-refractivity contribution in [3.63, 3.8) is 0 Å². The van der Waals surface area contributed by atoms with Crippen LogP contribution < -0.4 is 41.4 Å². The molecule has 4 aliphatic rings. The lowest BCUT2D eigenvalue weighted by Gasteiger charge is -2.34. The number of nitrogens with one attached hydrogen (secondary N) is 6. The van der Waals surface area contributed by atoms with E-state index in [4.69, 9.17) is 23.7 Å². The molecule has 1 aliphatic carbocycles. The average Bonchev–Trinajstić information content (AvgIpc) is 1.63. The topological polar surface area (TPSA) is 400 Å². The monoisotopic (exact) mass is 1340 g/mol. The van der Waals surface area contributed by atoms with Crippen LogP contribution in [0.4, 0.5) is 9.59 Å². The van der Waals surface area contributed by atoms with Crippen LogP contribution in [0.3, 0.4) is 0 Å². The number of hydrogen-bond acceptors (Lipinski definition) is 20. The third-order valence-electron chi connectivity index (χ3n) is 16.6. The molecule has 0 unspecified atom stereocenters.